The average molecular weight is 294 g/mol. The summed E-state index contributed by atoms with van der Waals surface area (Å²) < 4.78 is 2.20. The highest BCUT2D eigenvalue weighted by Crippen LogP contribution is 2.23. The first-order valence-electron chi connectivity index (χ1n) is 6.15. The van der Waals surface area contributed by atoms with E-state index in [2.05, 4.69) is 0 Å². The molecule has 0 unspecified atom stereocenters. The summed E-state index contributed by atoms with van der Waals surface area (Å²) >= 11 is 7.09. The number of fused-ring (bicyclic) bond motifs is 1. The van der Waals surface area contributed by atoms with Gasteiger partial charge in [-0.1, -0.05) is 17.7 Å². The Bertz CT molecular complexity index is 702. The molecule has 3 nitrogen and oxygen atoms in total. The van der Waals surface area contributed by atoms with Gasteiger partial charge in [-0.3, -0.25) is 9.59 Å². The number of hydrogen-bond donors (Lipinski definition) is 0. The number of aromatic nitrogens is 1. The SMILES string of the molecule is O=C(Cn1c2c(ccc1=O)CCC2)c1ccc(Cl)s1. The molecule has 0 fully saturated rings. The summed E-state index contributed by atoms with van der Waals surface area (Å²) in [5, 5.41) is 0. The van der Waals surface area contributed by atoms with E-state index in [4.69, 9.17) is 11.6 Å². The Morgan fingerprint density at radius 2 is 2.11 bits per heavy atom. The second-order valence-corrected chi connectivity index (χ2v) is 6.33. The predicted octanol–water partition coefficient (Wildman–Crippen LogP) is 2.93. The second kappa shape index (κ2) is 4.94. The second-order valence-electron chi connectivity index (χ2n) is 4.61. The Hall–Kier alpha value is -1.39. The van der Waals surface area contributed by atoms with Crippen LogP contribution in [0.4, 0.5) is 0 Å². The molecule has 2 aromatic rings. The standard InChI is InChI=1S/C14H12ClNO2S/c15-13-6-5-12(19-13)11(17)8-16-10-3-1-2-9(10)4-7-14(16)18/h4-7H,1-3,8H2. The van der Waals surface area contributed by atoms with Crippen LogP contribution in [0.15, 0.2) is 29.1 Å². The van der Waals surface area contributed by atoms with Crippen molar-refractivity contribution in [1.82, 2.24) is 4.57 Å². The van der Waals surface area contributed by atoms with Gasteiger partial charge in [-0.2, -0.15) is 0 Å². The van der Waals surface area contributed by atoms with Gasteiger partial charge in [-0.05, 0) is 37.0 Å². The quantitative estimate of drug-likeness (QED) is 0.816. The van der Waals surface area contributed by atoms with E-state index in [1.165, 1.54) is 16.9 Å². The van der Waals surface area contributed by atoms with Crippen molar-refractivity contribution in [1.29, 1.82) is 0 Å². The Labute approximate surface area is 119 Å². The summed E-state index contributed by atoms with van der Waals surface area (Å²) in [7, 11) is 0. The summed E-state index contributed by atoms with van der Waals surface area (Å²) in [4.78, 5) is 24.7. The molecule has 1 aliphatic rings. The fourth-order valence-corrected chi connectivity index (χ4v) is 3.47. The number of Topliss-reactive ketones (excluding diaryl/α,β-unsaturated/α-hetero) is 1. The lowest BCUT2D eigenvalue weighted by atomic mass is 10.2. The summed E-state index contributed by atoms with van der Waals surface area (Å²) in [6.07, 6.45) is 2.93. The van der Waals surface area contributed by atoms with E-state index in [1.807, 2.05) is 6.07 Å². The number of aryl methyl sites for hydroxylation is 1. The molecule has 0 N–H and O–H groups in total. The maximum Gasteiger partial charge on any atom is 0.251 e. The maximum absolute atomic E-state index is 12.2. The van der Waals surface area contributed by atoms with Crippen molar-refractivity contribution in [3.63, 3.8) is 0 Å². The maximum atomic E-state index is 12.2. The van der Waals surface area contributed by atoms with Gasteiger partial charge in [0.2, 0.25) is 0 Å². The highest BCUT2D eigenvalue weighted by atomic mass is 35.5. The first-order valence-corrected chi connectivity index (χ1v) is 7.35. The van der Waals surface area contributed by atoms with E-state index >= 15 is 0 Å². The van der Waals surface area contributed by atoms with E-state index in [0.717, 1.165) is 25.0 Å². The van der Waals surface area contributed by atoms with Crippen molar-refractivity contribution in [3.8, 4) is 0 Å². The predicted molar refractivity (Wildman–Crippen MR) is 76.4 cm³/mol. The highest BCUT2D eigenvalue weighted by molar-refractivity contribution is 7.18. The molecule has 0 aliphatic heterocycles. The monoisotopic (exact) mass is 293 g/mol. The molecule has 0 aromatic carbocycles. The van der Waals surface area contributed by atoms with Crippen molar-refractivity contribution < 1.29 is 4.79 Å². The van der Waals surface area contributed by atoms with Gasteiger partial charge in [0.05, 0.1) is 15.8 Å². The van der Waals surface area contributed by atoms with Crippen molar-refractivity contribution in [2.45, 2.75) is 25.8 Å². The van der Waals surface area contributed by atoms with E-state index in [1.54, 1.807) is 22.8 Å². The Balaban J connectivity index is 1.94. The fraction of sp³-hybridized carbons (Fsp3) is 0.286. The van der Waals surface area contributed by atoms with Crippen molar-refractivity contribution >= 4 is 28.7 Å². The minimum Gasteiger partial charge on any atom is -0.305 e. The minimum atomic E-state index is -0.100. The largest absolute Gasteiger partial charge is 0.305 e. The van der Waals surface area contributed by atoms with E-state index in [-0.39, 0.29) is 17.9 Å². The zero-order valence-corrected chi connectivity index (χ0v) is 11.8. The van der Waals surface area contributed by atoms with Gasteiger partial charge in [0.15, 0.2) is 5.78 Å². The smallest absolute Gasteiger partial charge is 0.251 e. The van der Waals surface area contributed by atoms with Crippen molar-refractivity contribution in [2.24, 2.45) is 0 Å². The molecule has 0 saturated carbocycles. The zero-order chi connectivity index (χ0) is 13.4. The highest BCUT2D eigenvalue weighted by Gasteiger charge is 2.18. The Kier molecular flexibility index (Phi) is 3.29. The molecule has 5 heteroatoms. The van der Waals surface area contributed by atoms with E-state index in [9.17, 15) is 9.59 Å². The molecule has 2 aromatic heterocycles. The van der Waals surface area contributed by atoms with Crippen LogP contribution in [0.2, 0.25) is 4.34 Å². The number of carbonyl (C=O) groups is 1. The van der Waals surface area contributed by atoms with Gasteiger partial charge >= 0.3 is 0 Å². The van der Waals surface area contributed by atoms with Crippen LogP contribution in [0.5, 0.6) is 0 Å². The van der Waals surface area contributed by atoms with Crippen LogP contribution in [0.25, 0.3) is 0 Å². The number of halogens is 1. The normalized spacial score (nSPS) is 13.5. The van der Waals surface area contributed by atoms with Crippen LogP contribution >= 0.6 is 22.9 Å². The van der Waals surface area contributed by atoms with Gasteiger partial charge in [-0.25, -0.2) is 0 Å². The molecule has 1 aliphatic carbocycles. The lowest BCUT2D eigenvalue weighted by molar-refractivity contribution is 0.0974. The molecule has 0 atom stereocenters. The number of thiophene rings is 1. The van der Waals surface area contributed by atoms with Gasteiger partial charge in [0.1, 0.15) is 0 Å². The molecule has 0 amide bonds. The fourth-order valence-electron chi connectivity index (χ4n) is 2.49. The third-order valence-electron chi connectivity index (χ3n) is 3.40. The molecule has 0 spiro atoms. The number of pyridine rings is 1. The topological polar surface area (TPSA) is 39.1 Å². The molecular weight excluding hydrogens is 282 g/mol. The summed E-state index contributed by atoms with van der Waals surface area (Å²) in [6, 6.07) is 6.85. The zero-order valence-electron chi connectivity index (χ0n) is 10.2. The first-order chi connectivity index (χ1) is 9.15. The average Bonchev–Trinajstić information content (AvgIpc) is 3.01. The molecule has 0 saturated heterocycles. The van der Waals surface area contributed by atoms with Gasteiger partial charge in [0, 0.05) is 11.8 Å². The third kappa shape index (κ3) is 2.38. The van der Waals surface area contributed by atoms with Crippen LogP contribution in [0.3, 0.4) is 0 Å². The van der Waals surface area contributed by atoms with Crippen LogP contribution < -0.4 is 5.56 Å². The lowest BCUT2D eigenvalue weighted by Gasteiger charge is -2.10. The summed E-state index contributed by atoms with van der Waals surface area (Å²) in [5.74, 6) is -0.0562. The molecule has 0 radical (unpaired) electrons. The summed E-state index contributed by atoms with van der Waals surface area (Å²) in [6.45, 7) is 0.110. The number of carbonyl (C=O) groups excluding carboxylic acids is 1. The lowest BCUT2D eigenvalue weighted by Crippen LogP contribution is -2.26. The van der Waals surface area contributed by atoms with Crippen molar-refractivity contribution in [2.75, 3.05) is 0 Å². The minimum absolute atomic E-state index is 0.0562. The number of rotatable bonds is 3. The summed E-state index contributed by atoms with van der Waals surface area (Å²) in [5.41, 5.74) is 2.11. The van der Waals surface area contributed by atoms with E-state index in [0.29, 0.717) is 9.21 Å². The van der Waals surface area contributed by atoms with Gasteiger partial charge < -0.3 is 4.57 Å². The van der Waals surface area contributed by atoms with Crippen LogP contribution in [-0.4, -0.2) is 10.4 Å². The molecule has 0 bridgehead atoms. The van der Waals surface area contributed by atoms with Crippen LogP contribution in [0, 0.1) is 0 Å². The number of ketones is 1. The number of nitrogens with zero attached hydrogens (tertiary/aromatic N) is 1. The Morgan fingerprint density at radius 1 is 1.26 bits per heavy atom. The Morgan fingerprint density at radius 3 is 2.84 bits per heavy atom. The number of hydrogen-bond acceptors (Lipinski definition) is 3. The van der Waals surface area contributed by atoms with Gasteiger partial charge in [-0.15, -0.1) is 11.3 Å². The first kappa shape index (κ1) is 12.6. The molecular formula is C14H12ClNO2S. The van der Waals surface area contributed by atoms with Gasteiger partial charge in [0.25, 0.3) is 5.56 Å². The molecule has 3 rings (SSSR count). The molecule has 19 heavy (non-hydrogen) atoms. The molecule has 98 valence electrons. The molecule has 2 heterocycles. The third-order valence-corrected chi connectivity index (χ3v) is 4.67. The van der Waals surface area contributed by atoms with Crippen LogP contribution in [0.1, 0.15) is 27.3 Å². The van der Waals surface area contributed by atoms with Crippen LogP contribution in [-0.2, 0) is 19.4 Å². The van der Waals surface area contributed by atoms with Crippen molar-refractivity contribution in [3.05, 3.63) is 55.1 Å². The van der Waals surface area contributed by atoms with E-state index < -0.39 is 0 Å².